The highest BCUT2D eigenvalue weighted by Crippen LogP contribution is 2.32. The number of nitrogens with one attached hydrogen (secondary N) is 1. The third-order valence-corrected chi connectivity index (χ3v) is 5.60. The number of ether oxygens (including phenoxy) is 1. The Labute approximate surface area is 178 Å². The zero-order chi connectivity index (χ0) is 22.0. The number of fused-ring (bicyclic) bond motifs is 3. The normalized spacial score (nSPS) is 13.6. The van der Waals surface area contributed by atoms with Crippen LogP contribution in [0.3, 0.4) is 0 Å². The molecule has 3 aromatic rings. The fourth-order valence-electron chi connectivity index (χ4n) is 4.04. The molecule has 4 rings (SSSR count). The molecule has 0 aliphatic heterocycles. The third-order valence-electron chi connectivity index (χ3n) is 5.60. The minimum atomic E-state index is -1.37. The maximum atomic E-state index is 12.3. The Kier molecular flexibility index (Phi) is 5.75. The second kappa shape index (κ2) is 8.63. The standard InChI is InChI=1S/C24H23NO6/c1-14-20(11-10-17-16-8-5-9-18(16)24(29)31-22(14)17)30-13-21(26)25-19(23(27)28)12-15-6-3-2-4-7-15/h2-4,6-7,10-11,19H,5,8-9,12-13H2,1H3,(H,25,26)(H,27,28)/p-1/t19-/m0/s1. The van der Waals surface area contributed by atoms with Crippen molar-refractivity contribution in [3.8, 4) is 5.75 Å². The molecular weight excluding hydrogens is 398 g/mol. The van der Waals surface area contributed by atoms with Crippen LogP contribution in [-0.4, -0.2) is 24.5 Å². The number of rotatable bonds is 7. The largest absolute Gasteiger partial charge is 0.548 e. The highest BCUT2D eigenvalue weighted by molar-refractivity contribution is 5.87. The van der Waals surface area contributed by atoms with Crippen LogP contribution in [-0.2, 0) is 28.9 Å². The summed E-state index contributed by atoms with van der Waals surface area (Å²) in [6.45, 7) is 1.39. The van der Waals surface area contributed by atoms with Gasteiger partial charge in [0, 0.05) is 16.5 Å². The number of benzene rings is 2. The molecule has 0 unspecified atom stereocenters. The van der Waals surface area contributed by atoms with E-state index < -0.39 is 17.9 Å². The number of carboxylic acids is 1. The van der Waals surface area contributed by atoms with Crippen LogP contribution >= 0.6 is 0 Å². The number of carbonyl (C=O) groups excluding carboxylic acids is 2. The van der Waals surface area contributed by atoms with E-state index in [0.717, 1.165) is 41.3 Å². The summed E-state index contributed by atoms with van der Waals surface area (Å²) in [5.74, 6) is -1.55. The number of hydrogen-bond donors (Lipinski definition) is 1. The Hall–Kier alpha value is -3.61. The van der Waals surface area contributed by atoms with E-state index in [2.05, 4.69) is 5.32 Å². The minimum Gasteiger partial charge on any atom is -0.548 e. The predicted molar refractivity (Wildman–Crippen MR) is 112 cm³/mol. The van der Waals surface area contributed by atoms with Gasteiger partial charge < -0.3 is 24.4 Å². The summed E-state index contributed by atoms with van der Waals surface area (Å²) in [6.07, 6.45) is 2.61. The van der Waals surface area contributed by atoms with Gasteiger partial charge in [-0.3, -0.25) is 4.79 Å². The topological polar surface area (TPSA) is 109 Å². The summed E-state index contributed by atoms with van der Waals surface area (Å²) >= 11 is 0. The fourth-order valence-corrected chi connectivity index (χ4v) is 4.04. The van der Waals surface area contributed by atoms with Crippen molar-refractivity contribution in [3.05, 3.63) is 75.1 Å². The lowest BCUT2D eigenvalue weighted by Crippen LogP contribution is -2.50. The van der Waals surface area contributed by atoms with E-state index in [9.17, 15) is 19.5 Å². The van der Waals surface area contributed by atoms with Crippen molar-refractivity contribution < 1.29 is 23.8 Å². The van der Waals surface area contributed by atoms with Crippen LogP contribution in [0.1, 0.15) is 28.7 Å². The highest BCUT2D eigenvalue weighted by atomic mass is 16.5. The first-order chi connectivity index (χ1) is 14.9. The molecule has 0 spiro atoms. The summed E-state index contributed by atoms with van der Waals surface area (Å²) in [6, 6.07) is 11.4. The van der Waals surface area contributed by atoms with Crippen LogP contribution in [0.4, 0.5) is 0 Å². The maximum Gasteiger partial charge on any atom is 0.339 e. The van der Waals surface area contributed by atoms with Gasteiger partial charge in [0.25, 0.3) is 5.91 Å². The third kappa shape index (κ3) is 4.30. The molecule has 0 fully saturated rings. The maximum absolute atomic E-state index is 12.3. The van der Waals surface area contributed by atoms with Gasteiger partial charge in [0.15, 0.2) is 6.61 Å². The molecule has 1 aromatic heterocycles. The van der Waals surface area contributed by atoms with Crippen molar-refractivity contribution >= 4 is 22.8 Å². The molecule has 0 saturated carbocycles. The van der Waals surface area contributed by atoms with Gasteiger partial charge in [-0.2, -0.15) is 0 Å². The first-order valence-corrected chi connectivity index (χ1v) is 10.2. The van der Waals surface area contributed by atoms with Crippen LogP contribution in [0, 0.1) is 6.92 Å². The Balaban J connectivity index is 1.46. The van der Waals surface area contributed by atoms with E-state index in [0.29, 0.717) is 16.9 Å². The Morgan fingerprint density at radius 2 is 1.87 bits per heavy atom. The average Bonchev–Trinajstić information content (AvgIpc) is 3.25. The average molecular weight is 420 g/mol. The summed E-state index contributed by atoms with van der Waals surface area (Å²) in [5.41, 5.74) is 3.29. The second-order valence-corrected chi connectivity index (χ2v) is 7.68. The number of amides is 1. The zero-order valence-corrected chi connectivity index (χ0v) is 17.1. The van der Waals surface area contributed by atoms with Gasteiger partial charge in [-0.25, -0.2) is 4.79 Å². The van der Waals surface area contributed by atoms with Crippen molar-refractivity contribution in [1.82, 2.24) is 5.32 Å². The highest BCUT2D eigenvalue weighted by Gasteiger charge is 2.22. The lowest BCUT2D eigenvalue weighted by Gasteiger charge is -2.20. The molecule has 1 aliphatic rings. The number of carboxylic acid groups (broad SMARTS) is 1. The first kappa shape index (κ1) is 20.7. The van der Waals surface area contributed by atoms with Crippen molar-refractivity contribution in [2.24, 2.45) is 0 Å². The summed E-state index contributed by atoms with van der Waals surface area (Å²) in [7, 11) is 0. The number of aryl methyl sites for hydroxylation is 2. The van der Waals surface area contributed by atoms with Crippen molar-refractivity contribution in [1.29, 1.82) is 0 Å². The summed E-state index contributed by atoms with van der Waals surface area (Å²) in [5, 5.41) is 14.8. The lowest BCUT2D eigenvalue weighted by atomic mass is 10.0. The molecular formula is C24H22NO6-. The molecule has 31 heavy (non-hydrogen) atoms. The molecule has 1 atom stereocenters. The van der Waals surface area contributed by atoms with Gasteiger partial charge in [-0.05, 0) is 55.9 Å². The van der Waals surface area contributed by atoms with E-state index in [1.165, 1.54) is 0 Å². The molecule has 1 N–H and O–H groups in total. The van der Waals surface area contributed by atoms with Crippen molar-refractivity contribution in [3.63, 3.8) is 0 Å². The molecule has 1 aliphatic carbocycles. The summed E-state index contributed by atoms with van der Waals surface area (Å²) < 4.78 is 11.1. The van der Waals surface area contributed by atoms with Gasteiger partial charge >= 0.3 is 5.63 Å². The van der Waals surface area contributed by atoms with Gasteiger partial charge in [0.05, 0.1) is 12.0 Å². The number of carbonyl (C=O) groups is 2. The Morgan fingerprint density at radius 3 is 2.61 bits per heavy atom. The molecule has 1 amide bonds. The second-order valence-electron chi connectivity index (χ2n) is 7.68. The molecule has 1 heterocycles. The van der Waals surface area contributed by atoms with Crippen molar-refractivity contribution in [2.45, 2.75) is 38.6 Å². The monoisotopic (exact) mass is 420 g/mol. The van der Waals surface area contributed by atoms with Crippen LogP contribution in [0.15, 0.2) is 51.7 Å². The summed E-state index contributed by atoms with van der Waals surface area (Å²) in [4.78, 5) is 36.0. The number of hydrogen-bond acceptors (Lipinski definition) is 6. The quantitative estimate of drug-likeness (QED) is 0.580. The Morgan fingerprint density at radius 1 is 1.13 bits per heavy atom. The molecule has 160 valence electrons. The van der Waals surface area contributed by atoms with E-state index in [1.54, 1.807) is 37.3 Å². The predicted octanol–water partition coefficient (Wildman–Crippen LogP) is 1.45. The Bertz CT molecular complexity index is 1200. The van der Waals surface area contributed by atoms with Crippen molar-refractivity contribution in [2.75, 3.05) is 6.61 Å². The molecule has 0 saturated heterocycles. The fraction of sp³-hybridized carbons (Fsp3) is 0.292. The molecule has 0 radical (unpaired) electrons. The number of aliphatic carboxylic acids is 1. The van der Waals surface area contributed by atoms with Gasteiger partial charge in [-0.15, -0.1) is 0 Å². The molecule has 7 heteroatoms. The van der Waals surface area contributed by atoms with Gasteiger partial charge in [0.1, 0.15) is 11.3 Å². The zero-order valence-electron chi connectivity index (χ0n) is 17.1. The minimum absolute atomic E-state index is 0.111. The van der Waals surface area contributed by atoms with Gasteiger partial charge in [0.2, 0.25) is 0 Å². The lowest BCUT2D eigenvalue weighted by molar-refractivity contribution is -0.308. The van der Waals surface area contributed by atoms with Gasteiger partial charge in [-0.1, -0.05) is 30.3 Å². The van der Waals surface area contributed by atoms with E-state index in [4.69, 9.17) is 9.15 Å². The smallest absolute Gasteiger partial charge is 0.339 e. The molecule has 7 nitrogen and oxygen atoms in total. The van der Waals surface area contributed by atoms with Crippen LogP contribution in [0.5, 0.6) is 5.75 Å². The van der Waals surface area contributed by atoms with E-state index >= 15 is 0 Å². The van der Waals surface area contributed by atoms with Crippen LogP contribution < -0.4 is 20.8 Å². The van der Waals surface area contributed by atoms with E-state index in [1.807, 2.05) is 12.1 Å². The van der Waals surface area contributed by atoms with Crippen LogP contribution in [0.25, 0.3) is 11.0 Å². The molecule has 2 aromatic carbocycles. The van der Waals surface area contributed by atoms with E-state index in [-0.39, 0.29) is 18.7 Å². The molecule has 0 bridgehead atoms. The SMILES string of the molecule is Cc1c(OCC(=O)N[C@@H](Cc2ccccc2)C(=O)[O-])ccc2c3c(c(=O)oc12)CCC3. The first-order valence-electron chi connectivity index (χ1n) is 10.2. The van der Waals surface area contributed by atoms with Crippen LogP contribution in [0.2, 0.25) is 0 Å².